The third kappa shape index (κ3) is 2.70. The molecule has 5 heteroatoms. The molecule has 1 saturated heterocycles. The van der Waals surface area contributed by atoms with Gasteiger partial charge in [0.1, 0.15) is 0 Å². The van der Waals surface area contributed by atoms with E-state index in [2.05, 4.69) is 10.1 Å². The van der Waals surface area contributed by atoms with Gasteiger partial charge in [-0.1, -0.05) is 0 Å². The molecule has 0 spiro atoms. The highest BCUT2D eigenvalue weighted by Gasteiger charge is 2.26. The molecule has 0 aromatic rings. The maximum absolute atomic E-state index is 10.9. The minimum Gasteiger partial charge on any atom is -0.469 e. The van der Waals surface area contributed by atoms with Crippen molar-refractivity contribution < 1.29 is 14.3 Å². The van der Waals surface area contributed by atoms with Crippen molar-refractivity contribution in [3.63, 3.8) is 0 Å². The van der Waals surface area contributed by atoms with E-state index in [1.165, 1.54) is 7.11 Å². The first kappa shape index (κ1) is 11.2. The van der Waals surface area contributed by atoms with Crippen molar-refractivity contribution in [3.05, 3.63) is 0 Å². The van der Waals surface area contributed by atoms with E-state index in [4.69, 9.17) is 0 Å². The van der Waals surface area contributed by atoms with E-state index in [1.54, 1.807) is 0 Å². The molecule has 1 aliphatic heterocycles. The fraction of sp³-hybridized carbons (Fsp3) is 0.714. The van der Waals surface area contributed by atoms with Gasteiger partial charge in [0.15, 0.2) is 0 Å². The molecule has 0 aromatic carbocycles. The lowest BCUT2D eigenvalue weighted by molar-refractivity contribution is -0.143. The first-order valence-corrected chi connectivity index (χ1v) is 3.58. The molecule has 1 aliphatic rings. The van der Waals surface area contributed by atoms with Crippen LogP contribution in [0.3, 0.4) is 0 Å². The summed E-state index contributed by atoms with van der Waals surface area (Å²) in [6.45, 7) is 0.681. The smallest absolute Gasteiger partial charge is 0.306 e. The lowest BCUT2D eigenvalue weighted by Crippen LogP contribution is -2.21. The third-order valence-corrected chi connectivity index (χ3v) is 1.80. The molecule has 1 heterocycles. The Morgan fingerprint density at radius 2 is 2.42 bits per heavy atom. The molecule has 70 valence electrons. The predicted octanol–water partition coefficient (Wildman–Crippen LogP) is 0.107. The van der Waals surface area contributed by atoms with Crippen LogP contribution in [0.1, 0.15) is 12.8 Å². The number of ether oxygens (including phenoxy) is 1. The highest BCUT2D eigenvalue weighted by Crippen LogP contribution is 2.13. The average Bonchev–Trinajstić information content (AvgIpc) is 2.37. The summed E-state index contributed by atoms with van der Waals surface area (Å²) in [4.78, 5) is 21.6. The fourth-order valence-electron chi connectivity index (χ4n) is 1.12. The largest absolute Gasteiger partial charge is 0.469 e. The number of esters is 1. The molecular formula is C7H12ClNO3. The number of hydrogen-bond donors (Lipinski definition) is 1. The van der Waals surface area contributed by atoms with Crippen LogP contribution in [0.25, 0.3) is 0 Å². The molecule has 0 saturated carbocycles. The molecule has 0 bridgehead atoms. The second-order valence-corrected chi connectivity index (χ2v) is 2.56. The van der Waals surface area contributed by atoms with Crippen molar-refractivity contribution in [1.29, 1.82) is 0 Å². The highest BCUT2D eigenvalue weighted by molar-refractivity contribution is 5.85. The number of rotatable bonds is 2. The summed E-state index contributed by atoms with van der Waals surface area (Å²) < 4.78 is 4.44. The zero-order valence-corrected chi connectivity index (χ0v) is 7.65. The van der Waals surface area contributed by atoms with Crippen molar-refractivity contribution in [1.82, 2.24) is 5.32 Å². The van der Waals surface area contributed by atoms with Gasteiger partial charge in [-0.25, -0.2) is 0 Å². The van der Waals surface area contributed by atoms with Gasteiger partial charge in [0.2, 0.25) is 5.91 Å². The predicted molar refractivity (Wildman–Crippen MR) is 45.0 cm³/mol. The molecule has 0 radical (unpaired) electrons. The molecule has 4 nitrogen and oxygen atoms in total. The van der Waals surface area contributed by atoms with Crippen LogP contribution in [-0.2, 0) is 14.3 Å². The number of nitrogens with one attached hydrogen (secondary N) is 1. The lowest BCUT2D eigenvalue weighted by atomic mass is 10.0. The Morgan fingerprint density at radius 1 is 1.75 bits per heavy atom. The van der Waals surface area contributed by atoms with Crippen LogP contribution in [-0.4, -0.2) is 25.5 Å². The lowest BCUT2D eigenvalue weighted by Gasteiger charge is -2.02. The topological polar surface area (TPSA) is 55.4 Å². The van der Waals surface area contributed by atoms with Gasteiger partial charge in [-0.2, -0.15) is 0 Å². The summed E-state index contributed by atoms with van der Waals surface area (Å²) >= 11 is 0. The Bertz CT molecular complexity index is 183. The first-order valence-electron chi connectivity index (χ1n) is 3.58. The quantitative estimate of drug-likeness (QED) is 0.634. The van der Waals surface area contributed by atoms with Crippen LogP contribution < -0.4 is 5.32 Å². The van der Waals surface area contributed by atoms with Crippen molar-refractivity contribution in [2.45, 2.75) is 12.8 Å². The Hall–Kier alpha value is -0.770. The summed E-state index contributed by atoms with van der Waals surface area (Å²) in [5, 5.41) is 2.65. The first-order chi connectivity index (χ1) is 5.24. The molecule has 1 rings (SSSR count). The molecule has 1 amide bonds. The number of hydrogen-bond acceptors (Lipinski definition) is 3. The molecule has 0 aliphatic carbocycles. The van der Waals surface area contributed by atoms with Gasteiger partial charge in [-0.15, -0.1) is 12.4 Å². The zero-order chi connectivity index (χ0) is 8.27. The third-order valence-electron chi connectivity index (χ3n) is 1.80. The van der Waals surface area contributed by atoms with Crippen LogP contribution in [0, 0.1) is 5.92 Å². The van der Waals surface area contributed by atoms with Gasteiger partial charge in [0.25, 0.3) is 0 Å². The second-order valence-electron chi connectivity index (χ2n) is 2.56. The Morgan fingerprint density at radius 3 is 2.83 bits per heavy atom. The summed E-state index contributed by atoms with van der Waals surface area (Å²) in [5.41, 5.74) is 0. The van der Waals surface area contributed by atoms with Crippen molar-refractivity contribution in [3.8, 4) is 0 Å². The molecule has 1 atom stereocenters. The monoisotopic (exact) mass is 193 g/mol. The van der Waals surface area contributed by atoms with Gasteiger partial charge in [0.05, 0.1) is 19.4 Å². The van der Waals surface area contributed by atoms with Gasteiger partial charge in [0, 0.05) is 6.54 Å². The van der Waals surface area contributed by atoms with Gasteiger partial charge in [-0.3, -0.25) is 9.59 Å². The maximum atomic E-state index is 10.9. The van der Waals surface area contributed by atoms with Crippen LogP contribution in [0.15, 0.2) is 0 Å². The number of carbonyl (C=O) groups excluding carboxylic acids is 2. The van der Waals surface area contributed by atoms with Crippen LogP contribution in [0.4, 0.5) is 0 Å². The van der Waals surface area contributed by atoms with Gasteiger partial charge in [-0.05, 0) is 6.42 Å². The SMILES string of the molecule is COC(=O)CC1CCNC1=O.Cl. The molecule has 1 unspecified atom stereocenters. The number of carbonyl (C=O) groups is 2. The Kier molecular flexibility index (Phi) is 4.66. The maximum Gasteiger partial charge on any atom is 0.306 e. The number of halogens is 1. The van der Waals surface area contributed by atoms with E-state index in [9.17, 15) is 9.59 Å². The van der Waals surface area contributed by atoms with Crippen LogP contribution >= 0.6 is 12.4 Å². The van der Waals surface area contributed by atoms with E-state index in [0.29, 0.717) is 6.54 Å². The normalized spacial score (nSPS) is 21.1. The molecule has 0 aromatic heterocycles. The molecule has 12 heavy (non-hydrogen) atoms. The van der Waals surface area contributed by atoms with Crippen LogP contribution in [0.2, 0.25) is 0 Å². The van der Waals surface area contributed by atoms with E-state index in [-0.39, 0.29) is 36.6 Å². The summed E-state index contributed by atoms with van der Waals surface area (Å²) in [5.74, 6) is -0.509. The summed E-state index contributed by atoms with van der Waals surface area (Å²) in [6, 6.07) is 0. The molecular weight excluding hydrogens is 182 g/mol. The molecule has 1 fully saturated rings. The van der Waals surface area contributed by atoms with Crippen LogP contribution in [0.5, 0.6) is 0 Å². The summed E-state index contributed by atoms with van der Waals surface area (Å²) in [6.07, 6.45) is 0.955. The van der Waals surface area contributed by atoms with E-state index >= 15 is 0 Å². The van der Waals surface area contributed by atoms with E-state index < -0.39 is 0 Å². The standard InChI is InChI=1S/C7H11NO3.ClH/c1-11-6(9)4-5-2-3-8-7(5)10;/h5H,2-4H2,1H3,(H,8,10);1H. The van der Waals surface area contributed by atoms with E-state index in [0.717, 1.165) is 6.42 Å². The van der Waals surface area contributed by atoms with Crippen molar-refractivity contribution in [2.24, 2.45) is 5.92 Å². The summed E-state index contributed by atoms with van der Waals surface area (Å²) in [7, 11) is 1.33. The molecule has 1 N–H and O–H groups in total. The van der Waals surface area contributed by atoms with Gasteiger partial charge < -0.3 is 10.1 Å². The number of amides is 1. The van der Waals surface area contributed by atoms with Crippen molar-refractivity contribution in [2.75, 3.05) is 13.7 Å². The number of methoxy groups -OCH3 is 1. The minimum absolute atomic E-state index is 0. The Labute approximate surface area is 77.1 Å². The highest BCUT2D eigenvalue weighted by atomic mass is 35.5. The van der Waals surface area contributed by atoms with Gasteiger partial charge >= 0.3 is 5.97 Å². The average molecular weight is 194 g/mol. The minimum atomic E-state index is -0.313. The Balaban J connectivity index is 0.00000121. The zero-order valence-electron chi connectivity index (χ0n) is 6.83. The fourth-order valence-corrected chi connectivity index (χ4v) is 1.12. The van der Waals surface area contributed by atoms with E-state index in [1.807, 2.05) is 0 Å². The van der Waals surface area contributed by atoms with Crippen molar-refractivity contribution >= 4 is 24.3 Å². The second kappa shape index (κ2) is 4.98.